The van der Waals surface area contributed by atoms with Gasteiger partial charge in [0.15, 0.2) is 0 Å². The largest absolute Gasteiger partial charge is 0.494 e. The first-order valence-corrected chi connectivity index (χ1v) is 37.6. The van der Waals surface area contributed by atoms with Crippen molar-refractivity contribution in [2.75, 3.05) is 19.8 Å². The molecule has 0 fully saturated rings. The quantitative estimate of drug-likeness (QED) is 0.0355. The molecule has 0 spiro atoms. The summed E-state index contributed by atoms with van der Waals surface area (Å²) in [6.07, 6.45) is 42.4. The summed E-state index contributed by atoms with van der Waals surface area (Å²) in [4.78, 5) is 14.0. The predicted octanol–water partition coefficient (Wildman–Crippen LogP) is 24.7. The van der Waals surface area contributed by atoms with E-state index in [0.29, 0.717) is 0 Å². The minimum atomic E-state index is 0.769. The summed E-state index contributed by atoms with van der Waals surface area (Å²) >= 11 is 0. The molecule has 0 aliphatic carbocycles. The van der Waals surface area contributed by atoms with Crippen LogP contribution >= 0.6 is 0 Å². The van der Waals surface area contributed by atoms with Crippen LogP contribution in [0, 0.1) is 0 Å². The van der Waals surface area contributed by atoms with Crippen LogP contribution in [0.25, 0.3) is 33.4 Å². The number of aromatic nitrogens is 3. The number of nitrogens with zero attached hydrogens (tertiary/aromatic N) is 3. The van der Waals surface area contributed by atoms with E-state index in [1.807, 2.05) is 0 Å². The van der Waals surface area contributed by atoms with Gasteiger partial charge < -0.3 is 14.2 Å². The first kappa shape index (κ1) is 75.5. The first-order chi connectivity index (χ1) is 47.3. The van der Waals surface area contributed by atoms with Crippen molar-refractivity contribution in [2.45, 2.75) is 234 Å². The van der Waals surface area contributed by atoms with E-state index in [1.165, 1.54) is 193 Å². The number of unbranched alkanes of at least 4 members (excludes halogenated alkanes) is 15. The fourth-order valence-corrected chi connectivity index (χ4v) is 11.8. The number of benzene rings is 6. The molecule has 0 aliphatic heterocycles. The monoisotopic (exact) mass is 1290 g/mol. The van der Waals surface area contributed by atoms with Gasteiger partial charge in [-0.15, -0.1) is 0 Å². The first-order valence-electron chi connectivity index (χ1n) is 37.6. The molecular formula is C90H117N3O3. The van der Waals surface area contributed by atoms with Crippen molar-refractivity contribution in [1.82, 2.24) is 15.0 Å². The second-order valence-electron chi connectivity index (χ2n) is 26.2. The van der Waals surface area contributed by atoms with Crippen LogP contribution in [0.4, 0.5) is 0 Å². The Bertz CT molecular complexity index is 3380. The van der Waals surface area contributed by atoms with Crippen LogP contribution in [0.2, 0.25) is 0 Å². The summed E-state index contributed by atoms with van der Waals surface area (Å²) in [5.41, 5.74) is 19.2. The van der Waals surface area contributed by atoms with Crippen molar-refractivity contribution in [3.8, 4) is 50.6 Å². The van der Waals surface area contributed by atoms with Crippen molar-refractivity contribution in [3.63, 3.8) is 0 Å². The Balaban J connectivity index is 0.000000203. The molecule has 0 bridgehead atoms. The van der Waals surface area contributed by atoms with Gasteiger partial charge >= 0.3 is 0 Å². The number of rotatable bonds is 42. The molecule has 96 heavy (non-hydrogen) atoms. The maximum atomic E-state index is 5.83. The summed E-state index contributed by atoms with van der Waals surface area (Å²) in [7, 11) is 0. The lowest BCUT2D eigenvalue weighted by atomic mass is 10.0. The van der Waals surface area contributed by atoms with E-state index in [-0.39, 0.29) is 0 Å². The number of hydrogen-bond acceptors (Lipinski definition) is 6. The lowest BCUT2D eigenvalue weighted by molar-refractivity contribution is 0.306. The second kappa shape index (κ2) is 46.4. The van der Waals surface area contributed by atoms with Crippen molar-refractivity contribution >= 4 is 0 Å². The topological polar surface area (TPSA) is 66.4 Å². The lowest BCUT2D eigenvalue weighted by Gasteiger charge is -2.08. The Morgan fingerprint density at radius 2 is 0.438 bits per heavy atom. The number of ether oxygens (including phenoxy) is 3. The third-order valence-corrected chi connectivity index (χ3v) is 18.1. The molecule has 0 atom stereocenters. The zero-order valence-corrected chi connectivity index (χ0v) is 60.0. The van der Waals surface area contributed by atoms with E-state index in [4.69, 9.17) is 14.2 Å². The highest BCUT2D eigenvalue weighted by Crippen LogP contribution is 2.27. The van der Waals surface area contributed by atoms with E-state index in [9.17, 15) is 0 Å². The fraction of sp³-hybridized carbons (Fsp3) is 0.433. The minimum absolute atomic E-state index is 0.769. The molecule has 3 aromatic heterocycles. The van der Waals surface area contributed by atoms with Crippen molar-refractivity contribution < 1.29 is 14.2 Å². The number of aryl methyl sites for hydroxylation is 9. The van der Waals surface area contributed by atoms with Crippen molar-refractivity contribution in [2.24, 2.45) is 0 Å². The Kier molecular flexibility index (Phi) is 36.5. The van der Waals surface area contributed by atoms with Crippen LogP contribution < -0.4 is 14.2 Å². The second-order valence-corrected chi connectivity index (χ2v) is 26.2. The van der Waals surface area contributed by atoms with Gasteiger partial charge in [0.2, 0.25) is 0 Å². The maximum Gasteiger partial charge on any atom is 0.119 e. The Labute approximate surface area is 581 Å². The summed E-state index contributed by atoms with van der Waals surface area (Å²) in [5.74, 6) is 2.86. The Morgan fingerprint density at radius 3 is 0.708 bits per heavy atom. The zero-order chi connectivity index (χ0) is 67.3. The lowest BCUT2D eigenvalue weighted by Crippen LogP contribution is -1.96. The zero-order valence-electron chi connectivity index (χ0n) is 60.0. The van der Waals surface area contributed by atoms with Crippen LogP contribution in [0.3, 0.4) is 0 Å². The molecule has 510 valence electrons. The summed E-state index contributed by atoms with van der Waals surface area (Å²) in [6, 6.07) is 65.5. The molecule has 9 rings (SSSR count). The third kappa shape index (κ3) is 29.7. The van der Waals surface area contributed by atoms with E-state index >= 15 is 0 Å². The van der Waals surface area contributed by atoms with Gasteiger partial charge in [0.05, 0.1) is 19.8 Å². The van der Waals surface area contributed by atoms with Gasteiger partial charge in [0.25, 0.3) is 0 Å². The van der Waals surface area contributed by atoms with Gasteiger partial charge in [-0.3, -0.25) is 15.0 Å². The van der Waals surface area contributed by atoms with Crippen LogP contribution in [-0.4, -0.2) is 34.8 Å². The summed E-state index contributed by atoms with van der Waals surface area (Å²) in [5, 5.41) is 0. The Hall–Kier alpha value is -7.83. The van der Waals surface area contributed by atoms with E-state index in [2.05, 4.69) is 257 Å². The van der Waals surface area contributed by atoms with Crippen LogP contribution in [0.5, 0.6) is 17.2 Å². The average molecular weight is 1290 g/mol. The molecule has 3 heterocycles. The van der Waals surface area contributed by atoms with Crippen LogP contribution in [0.15, 0.2) is 201 Å². The number of pyridine rings is 3. The van der Waals surface area contributed by atoms with Crippen molar-refractivity contribution in [3.05, 3.63) is 251 Å². The van der Waals surface area contributed by atoms with Gasteiger partial charge in [-0.2, -0.15) is 0 Å². The molecule has 6 aromatic carbocycles. The molecule has 6 heteroatoms. The highest BCUT2D eigenvalue weighted by molar-refractivity contribution is 5.66. The summed E-state index contributed by atoms with van der Waals surface area (Å²) < 4.78 is 17.3. The predicted molar refractivity (Wildman–Crippen MR) is 409 cm³/mol. The van der Waals surface area contributed by atoms with E-state index < -0.39 is 0 Å². The van der Waals surface area contributed by atoms with Crippen molar-refractivity contribution in [1.29, 1.82) is 0 Å². The molecule has 6 nitrogen and oxygen atoms in total. The van der Waals surface area contributed by atoms with E-state index in [1.54, 1.807) is 0 Å². The molecule has 0 unspecified atom stereocenters. The molecule has 0 radical (unpaired) electrons. The molecule has 9 aromatic rings. The van der Waals surface area contributed by atoms with Gasteiger partial charge in [0, 0.05) is 35.7 Å². The average Bonchev–Trinajstić information content (AvgIpc) is 2.05. The minimum Gasteiger partial charge on any atom is -0.494 e. The highest BCUT2D eigenvalue weighted by atomic mass is 16.5. The number of hydrogen-bond donors (Lipinski definition) is 0. The standard InChI is InChI=1S/C31H41NO.C30H39NO.C29H37NO/c1-3-5-7-8-9-11-30-21-16-27(25-32-30)13-12-26-14-17-28(18-15-26)29-19-22-31(23-20-29)33-24-10-6-4-2;1-3-5-7-8-9-10-29-20-15-26(24-31-29)12-11-25-13-16-27(17-14-25)28-18-21-30(22-19-28)32-23-6-4-2;1-3-5-6-7-8-9-28-19-14-25(23-30-28)11-10-24-12-15-26(16-13-24)27-17-20-29(21-18-27)31-22-4-2/h14-23,25H,3-13,24H2,1-2H3;13-22,24H,3-12,23H2,1-2H3;12-21,23H,3-11,22H2,1-2H3. The van der Waals surface area contributed by atoms with Crippen LogP contribution in [-0.2, 0) is 57.8 Å². The normalized spacial score (nSPS) is 10.9. The molecule has 0 N–H and O–H groups in total. The van der Waals surface area contributed by atoms with Gasteiger partial charge in [-0.05, 0) is 218 Å². The maximum absolute atomic E-state index is 5.83. The van der Waals surface area contributed by atoms with Crippen LogP contribution in [0.1, 0.15) is 227 Å². The molecule has 0 saturated heterocycles. The van der Waals surface area contributed by atoms with Gasteiger partial charge in [-0.1, -0.05) is 265 Å². The van der Waals surface area contributed by atoms with E-state index in [0.717, 1.165) is 121 Å². The molecule has 0 amide bonds. The van der Waals surface area contributed by atoms with Gasteiger partial charge in [0.1, 0.15) is 17.2 Å². The fourth-order valence-electron chi connectivity index (χ4n) is 11.8. The molecule has 0 aliphatic rings. The summed E-state index contributed by atoms with van der Waals surface area (Å²) in [6.45, 7) is 15.7. The SMILES string of the molecule is CCCCCCCc1ccc(CCc2ccc(-c3ccc(OCCC)cc3)cc2)cn1.CCCCCCCc1ccc(CCc2ccc(-c3ccc(OCCCC)cc3)cc2)cn1.CCCCCCCc1ccc(CCc2ccc(-c3ccc(OCCCCC)cc3)cc2)cn1. The molecular weight excluding hydrogens is 1170 g/mol. The Morgan fingerprint density at radius 1 is 0.198 bits per heavy atom. The van der Waals surface area contributed by atoms with Gasteiger partial charge in [-0.25, -0.2) is 0 Å². The third-order valence-electron chi connectivity index (χ3n) is 18.1. The highest BCUT2D eigenvalue weighted by Gasteiger charge is 2.08. The molecule has 0 saturated carbocycles. The smallest absolute Gasteiger partial charge is 0.119 e.